The first kappa shape index (κ1) is 82.9. The molecule has 3 unspecified atom stereocenters. The molecule has 15 rings (SSSR count). The fourth-order valence-electron chi connectivity index (χ4n) is 35.5. The summed E-state index contributed by atoms with van der Waals surface area (Å²) >= 11 is 0. The van der Waals surface area contributed by atoms with Crippen molar-refractivity contribution in [3.05, 3.63) is 36.5 Å². The van der Waals surface area contributed by atoms with Crippen molar-refractivity contribution in [1.82, 2.24) is 15.1 Å². The van der Waals surface area contributed by atoms with Crippen molar-refractivity contribution in [3.8, 4) is 0 Å². The van der Waals surface area contributed by atoms with Gasteiger partial charge < -0.3 is 40.3 Å². The summed E-state index contributed by atoms with van der Waals surface area (Å²) in [6, 6.07) is 0. The number of carbonyl (C=O) groups is 4. The molecule has 12 aliphatic carbocycles. The van der Waals surface area contributed by atoms with Crippen molar-refractivity contribution in [2.75, 3.05) is 46.6 Å². The summed E-state index contributed by atoms with van der Waals surface area (Å²) in [5.41, 5.74) is 6.84. The highest BCUT2D eigenvalue weighted by Gasteiger charge is 2.75. The highest BCUT2D eigenvalue weighted by molar-refractivity contribution is 5.82. The fourth-order valence-corrected chi connectivity index (χ4v) is 35.5. The van der Waals surface area contributed by atoms with Crippen LogP contribution < -0.4 is 5.32 Å². The number of nitrogens with one attached hydrogen (secondary N) is 1. The molecule has 3 saturated heterocycles. The normalized spacial score (nSPS) is 49.3. The summed E-state index contributed by atoms with van der Waals surface area (Å²) < 4.78 is 4.80. The largest absolute Gasteiger partial charge is 0.481 e. The van der Waals surface area contributed by atoms with Crippen molar-refractivity contribution >= 4 is 23.8 Å². The van der Waals surface area contributed by atoms with Gasteiger partial charge in [0.15, 0.2) is 0 Å². The van der Waals surface area contributed by atoms with Crippen LogP contribution >= 0.6 is 0 Å². The molecule has 0 aromatic heterocycles. The number of rotatable bonds is 12. The molecule has 0 radical (unpaired) electrons. The molecule has 610 valence electrons. The van der Waals surface area contributed by atoms with Crippen LogP contribution in [0.15, 0.2) is 36.5 Å². The maximum atomic E-state index is 13.3. The van der Waals surface area contributed by atoms with E-state index >= 15 is 0 Å². The van der Waals surface area contributed by atoms with E-state index in [-0.39, 0.29) is 109 Å². The molecule has 0 aromatic rings. The highest BCUT2D eigenvalue weighted by atomic mass is 16.5. The van der Waals surface area contributed by atoms with Crippen LogP contribution in [0.4, 0.5) is 0 Å². The minimum Gasteiger partial charge on any atom is -0.481 e. The molecular formula is C96H157N3O9. The topological polar surface area (TPSA) is 177 Å². The molecule has 12 saturated carbocycles. The van der Waals surface area contributed by atoms with Gasteiger partial charge in [0, 0.05) is 62.4 Å². The number of hydrogen-bond acceptors (Lipinski definition) is 9. The number of carboxylic acids is 1. The predicted octanol–water partition coefficient (Wildman–Crippen LogP) is 20.1. The number of aliphatic hydroxyl groups excluding tert-OH is 3. The maximum absolute atomic E-state index is 13.3. The van der Waals surface area contributed by atoms with Gasteiger partial charge in [0.05, 0.1) is 20.0 Å². The van der Waals surface area contributed by atoms with Crippen LogP contribution in [0.25, 0.3) is 0 Å². The Balaban J connectivity index is 0.000000144. The van der Waals surface area contributed by atoms with Gasteiger partial charge >= 0.3 is 11.9 Å². The average molecular weight is 1500 g/mol. The van der Waals surface area contributed by atoms with Gasteiger partial charge in [0.2, 0.25) is 11.8 Å². The molecule has 3 heterocycles. The lowest BCUT2D eigenvalue weighted by atomic mass is 9.33. The molecule has 27 atom stereocenters. The predicted molar refractivity (Wildman–Crippen MR) is 435 cm³/mol. The van der Waals surface area contributed by atoms with Crippen molar-refractivity contribution in [2.45, 2.75) is 340 Å². The van der Waals surface area contributed by atoms with E-state index in [1.54, 1.807) is 0 Å². The van der Waals surface area contributed by atoms with E-state index in [0.717, 1.165) is 82.2 Å². The molecular weight excluding hydrogens is 1340 g/mol. The summed E-state index contributed by atoms with van der Waals surface area (Å²) in [5.74, 6) is 8.19. The number of aliphatic hydroxyl groups is 3. The molecule has 12 heteroatoms. The smallest absolute Gasteiger partial charge is 0.306 e. The number of esters is 1. The van der Waals surface area contributed by atoms with Crippen LogP contribution in [0.3, 0.4) is 0 Å². The monoisotopic (exact) mass is 1500 g/mol. The van der Waals surface area contributed by atoms with Crippen molar-refractivity contribution in [2.24, 2.45) is 154 Å². The van der Waals surface area contributed by atoms with E-state index < -0.39 is 5.97 Å². The molecule has 5 N–H and O–H groups in total. The second-order valence-electron chi connectivity index (χ2n) is 45.4. The van der Waals surface area contributed by atoms with Crippen LogP contribution in [-0.2, 0) is 23.9 Å². The van der Waals surface area contributed by atoms with Crippen molar-refractivity contribution in [1.29, 1.82) is 0 Å². The van der Waals surface area contributed by atoms with Gasteiger partial charge in [-0.1, -0.05) is 98.8 Å². The first-order valence-corrected chi connectivity index (χ1v) is 44.8. The lowest BCUT2D eigenvalue weighted by Crippen LogP contribution is -2.70. The number of ether oxygens (including phenoxy) is 1. The van der Waals surface area contributed by atoms with Gasteiger partial charge in [-0.3, -0.25) is 19.2 Å². The van der Waals surface area contributed by atoms with Crippen molar-refractivity contribution < 1.29 is 44.3 Å². The van der Waals surface area contributed by atoms with E-state index in [0.29, 0.717) is 107 Å². The Kier molecular flexibility index (Phi) is 21.6. The molecule has 0 spiro atoms. The highest BCUT2D eigenvalue weighted by Crippen LogP contribution is 2.81. The number of likely N-dealkylation sites (tertiary alicyclic amines) is 2. The van der Waals surface area contributed by atoms with Gasteiger partial charge in [-0.25, -0.2) is 0 Å². The van der Waals surface area contributed by atoms with Crippen LogP contribution in [0.1, 0.15) is 324 Å². The second-order valence-corrected chi connectivity index (χ2v) is 45.4. The lowest BCUT2D eigenvalue weighted by Gasteiger charge is -2.73. The Morgan fingerprint density at radius 3 is 1.02 bits per heavy atom. The zero-order chi connectivity index (χ0) is 78.9. The van der Waals surface area contributed by atoms with Gasteiger partial charge in [-0.15, -0.1) is 0 Å². The molecule has 108 heavy (non-hydrogen) atoms. The molecule has 0 bridgehead atoms. The third-order valence-electron chi connectivity index (χ3n) is 41.3. The Hall–Kier alpha value is -3.06. The van der Waals surface area contributed by atoms with E-state index in [9.17, 15) is 34.5 Å². The van der Waals surface area contributed by atoms with Crippen LogP contribution in [0, 0.1) is 154 Å². The van der Waals surface area contributed by atoms with Crippen LogP contribution in [0.2, 0.25) is 0 Å². The molecule has 15 fully saturated rings. The number of fused-ring (bicyclic) bond motifs is 21. The zero-order valence-corrected chi connectivity index (χ0v) is 72.2. The molecule has 0 aromatic carbocycles. The number of hydrogen-bond donors (Lipinski definition) is 5. The SMILES string of the molecule is C=C(C)[C@@H]1CC[C@]2(CO)CC[C@]3(C)[C@H](CC[C@@H]4[C@@]5(C)CCN(C(=O)CCC(=O)O)C(C)(C)C5CC[C@]43C)[C@@H]12.C=C(C)[C@@H]1CC[C@]2(CO)CC[C@]3(C)[C@H](CC[C@@H]4[C@@]5(C)CCN(C(=O)CCC(=O)OC)C(C)(C)C5CC[C@]43C)[C@@H]12.C=C(C)[C@@H]1CC[C@]2(CO)CC[C@]3(C)[C@H](CC[C@@H]4[C@@]5(C)CCNC(C)(C)C5CC[C@]43C)[C@@H]12. The number of carbonyl (C=O) groups excluding carboxylic acids is 3. The van der Waals surface area contributed by atoms with Crippen LogP contribution in [-0.4, -0.2) is 117 Å². The number of aliphatic carboxylic acids is 1. The zero-order valence-electron chi connectivity index (χ0n) is 72.2. The Morgan fingerprint density at radius 2 is 0.704 bits per heavy atom. The second kappa shape index (κ2) is 28.1. The Labute approximate surface area is 656 Å². The molecule has 12 nitrogen and oxygen atoms in total. The summed E-state index contributed by atoms with van der Waals surface area (Å²) in [4.78, 5) is 53.5. The average Bonchev–Trinajstić information content (AvgIpc) is 1.02. The number of amides is 2. The third kappa shape index (κ3) is 11.8. The summed E-state index contributed by atoms with van der Waals surface area (Å²) in [6.45, 7) is 61.5. The van der Waals surface area contributed by atoms with E-state index in [4.69, 9.17) is 9.84 Å². The van der Waals surface area contributed by atoms with Crippen LogP contribution in [0.5, 0.6) is 0 Å². The number of carboxylic acid groups (broad SMARTS) is 1. The summed E-state index contributed by atoms with van der Waals surface area (Å²) in [6.07, 6.45) is 33.6. The number of allylic oxidation sites excluding steroid dienone is 3. The van der Waals surface area contributed by atoms with Gasteiger partial charge in [0.25, 0.3) is 0 Å². The minimum atomic E-state index is -0.898. The summed E-state index contributed by atoms with van der Waals surface area (Å²) in [5, 5.41) is 45.1. The lowest BCUT2D eigenvalue weighted by molar-refractivity contribution is -0.243. The first-order chi connectivity index (χ1) is 50.3. The van der Waals surface area contributed by atoms with Gasteiger partial charge in [0.1, 0.15) is 0 Å². The first-order valence-electron chi connectivity index (χ1n) is 44.8. The number of piperidine rings is 3. The van der Waals surface area contributed by atoms with E-state index in [1.165, 1.54) is 152 Å². The maximum Gasteiger partial charge on any atom is 0.306 e. The Bertz CT molecular complexity index is 3480. The number of methoxy groups -OCH3 is 1. The molecule has 2 amide bonds. The standard InChI is InChI=1S/C34H55NO4.C33H53NO4.C29H49NO/c1-22(2)23-13-16-34(21-36)18-17-32(6)24(29(23)34)9-10-26-31(5)19-20-35(27(37)11-12-28(38)39-8)30(3,4)25(31)14-15-33(26,32)7;1-21(2)22-12-15-33(20-35)17-16-31(6)23(28(22)33)8-9-25-30(5)18-19-34(26(36)10-11-27(37)38)29(3,4)24(30)13-14-32(25,31)7;1-19(2)20-10-13-29(18-31)15-14-27(6)21(24(20)29)8-9-23-26(5)16-17-30-25(3,4)22(26)11-12-28(23,27)7/h23-26,29,36H,1,9-21H2,2-8H3;22-25,28,35H,1,8-20H2,2-7H3,(H,37,38);20-24,30-31H,1,8-18H2,2-7H3/t23-,24+,25?,26+,29+,31-,32+,33+,34+;22-,23+,24?,25+,28+,30-,31+,32+,33+;20-,21+,22?,23+,24+,26-,27+,28+,29+/m000/s1. The number of nitrogens with zero attached hydrogens (tertiary/aromatic N) is 2. The molecule has 15 aliphatic rings. The van der Waals surface area contributed by atoms with Gasteiger partial charge in [-0.2, -0.15) is 0 Å². The Morgan fingerprint density at radius 1 is 0.380 bits per heavy atom. The van der Waals surface area contributed by atoms with E-state index in [1.807, 2.05) is 4.90 Å². The minimum absolute atomic E-state index is 0.00292. The third-order valence-corrected chi connectivity index (χ3v) is 41.3. The summed E-state index contributed by atoms with van der Waals surface area (Å²) in [7, 11) is 1.39. The van der Waals surface area contributed by atoms with E-state index in [2.05, 4.69) is 155 Å². The quantitative estimate of drug-likeness (QED) is 0.0933. The fraction of sp³-hybridized carbons (Fsp3) is 0.896. The van der Waals surface area contributed by atoms with Crippen molar-refractivity contribution in [3.63, 3.8) is 0 Å². The molecule has 3 aliphatic heterocycles. The van der Waals surface area contributed by atoms with Gasteiger partial charge in [-0.05, 0) is 396 Å².